The number of H-pyrrole nitrogens is 1. The fraction of sp³-hybridized carbons (Fsp3) is 0.143. The third-order valence-electron chi connectivity index (χ3n) is 4.63. The lowest BCUT2D eigenvalue weighted by Crippen LogP contribution is -2.11. The van der Waals surface area contributed by atoms with E-state index in [1.807, 2.05) is 36.4 Å². The number of benzene rings is 2. The maximum Gasteiger partial charge on any atom is 0.256 e. The SMILES string of the molecule is CCn1c(-c2cc(NC(=O)c3ccc(Br)cc3)n[nH]2)cc2cc(OC)ccc21. The Morgan fingerprint density at radius 1 is 1.18 bits per heavy atom. The number of aromatic amines is 1. The summed E-state index contributed by atoms with van der Waals surface area (Å²) in [6.07, 6.45) is 0. The summed E-state index contributed by atoms with van der Waals surface area (Å²) in [5.41, 5.74) is 3.53. The molecule has 0 bridgehead atoms. The van der Waals surface area contributed by atoms with Gasteiger partial charge in [0.2, 0.25) is 0 Å². The number of aryl methyl sites for hydroxylation is 1. The molecule has 2 N–H and O–H groups in total. The van der Waals surface area contributed by atoms with Crippen LogP contribution in [0.1, 0.15) is 17.3 Å². The number of hydrogen-bond donors (Lipinski definition) is 2. The summed E-state index contributed by atoms with van der Waals surface area (Å²) >= 11 is 3.37. The van der Waals surface area contributed by atoms with Crippen LogP contribution in [-0.2, 0) is 6.54 Å². The third kappa shape index (κ3) is 3.41. The highest BCUT2D eigenvalue weighted by Gasteiger charge is 2.14. The molecule has 0 aliphatic heterocycles. The molecule has 0 fully saturated rings. The number of fused-ring (bicyclic) bond motifs is 1. The van der Waals surface area contributed by atoms with Crippen LogP contribution in [0.2, 0.25) is 0 Å². The molecule has 0 spiro atoms. The van der Waals surface area contributed by atoms with Crippen LogP contribution in [0.25, 0.3) is 22.3 Å². The minimum Gasteiger partial charge on any atom is -0.497 e. The van der Waals surface area contributed by atoms with Crippen molar-refractivity contribution in [1.29, 1.82) is 0 Å². The predicted octanol–water partition coefficient (Wildman–Crippen LogP) is 5.07. The van der Waals surface area contributed by atoms with E-state index in [2.05, 4.69) is 49.0 Å². The molecule has 0 aliphatic carbocycles. The molecule has 2 heterocycles. The summed E-state index contributed by atoms with van der Waals surface area (Å²) in [4.78, 5) is 12.4. The molecule has 0 unspecified atom stereocenters. The normalized spacial score (nSPS) is 11.0. The summed E-state index contributed by atoms with van der Waals surface area (Å²) in [6.45, 7) is 2.91. The predicted molar refractivity (Wildman–Crippen MR) is 114 cm³/mol. The Morgan fingerprint density at radius 3 is 2.68 bits per heavy atom. The Labute approximate surface area is 170 Å². The minimum atomic E-state index is -0.202. The highest BCUT2D eigenvalue weighted by atomic mass is 79.9. The Balaban J connectivity index is 1.63. The first-order valence-corrected chi connectivity index (χ1v) is 9.68. The van der Waals surface area contributed by atoms with Crippen molar-refractivity contribution >= 4 is 38.6 Å². The first-order valence-electron chi connectivity index (χ1n) is 8.89. The molecule has 1 amide bonds. The summed E-state index contributed by atoms with van der Waals surface area (Å²) < 4.78 is 8.45. The molecule has 28 heavy (non-hydrogen) atoms. The van der Waals surface area contributed by atoms with Crippen LogP contribution in [0.15, 0.2) is 59.1 Å². The van der Waals surface area contributed by atoms with E-state index in [1.54, 1.807) is 19.2 Å². The number of nitrogens with zero attached hydrogens (tertiary/aromatic N) is 2. The van der Waals surface area contributed by atoms with E-state index in [0.29, 0.717) is 11.4 Å². The van der Waals surface area contributed by atoms with E-state index >= 15 is 0 Å². The average molecular weight is 439 g/mol. The van der Waals surface area contributed by atoms with Gasteiger partial charge < -0.3 is 14.6 Å². The fourth-order valence-electron chi connectivity index (χ4n) is 3.25. The van der Waals surface area contributed by atoms with E-state index in [1.165, 1.54) is 0 Å². The van der Waals surface area contributed by atoms with Gasteiger partial charge in [0.05, 0.1) is 18.5 Å². The zero-order chi connectivity index (χ0) is 19.7. The van der Waals surface area contributed by atoms with Gasteiger partial charge in [-0.15, -0.1) is 0 Å². The Bertz CT molecular complexity index is 1150. The van der Waals surface area contributed by atoms with E-state index < -0.39 is 0 Å². The topological polar surface area (TPSA) is 71.9 Å². The van der Waals surface area contributed by atoms with Crippen molar-refractivity contribution in [3.8, 4) is 17.1 Å². The number of nitrogens with one attached hydrogen (secondary N) is 2. The number of hydrogen-bond acceptors (Lipinski definition) is 3. The Kier molecular flexibility index (Phi) is 4.92. The van der Waals surface area contributed by atoms with Crippen LogP contribution in [0.3, 0.4) is 0 Å². The van der Waals surface area contributed by atoms with Crippen LogP contribution >= 0.6 is 15.9 Å². The van der Waals surface area contributed by atoms with Crippen LogP contribution in [0, 0.1) is 0 Å². The highest BCUT2D eigenvalue weighted by molar-refractivity contribution is 9.10. The van der Waals surface area contributed by atoms with Crippen molar-refractivity contribution in [1.82, 2.24) is 14.8 Å². The van der Waals surface area contributed by atoms with E-state index in [9.17, 15) is 4.79 Å². The molecule has 0 radical (unpaired) electrons. The lowest BCUT2D eigenvalue weighted by molar-refractivity contribution is 0.102. The van der Waals surface area contributed by atoms with Crippen molar-refractivity contribution in [2.24, 2.45) is 0 Å². The number of carbonyl (C=O) groups is 1. The third-order valence-corrected chi connectivity index (χ3v) is 5.16. The molecule has 0 aliphatic rings. The molecule has 4 aromatic rings. The maximum atomic E-state index is 12.4. The number of aromatic nitrogens is 3. The van der Waals surface area contributed by atoms with Gasteiger partial charge in [-0.05, 0) is 55.5 Å². The van der Waals surface area contributed by atoms with Crippen molar-refractivity contribution in [2.75, 3.05) is 12.4 Å². The average Bonchev–Trinajstić information content (AvgIpc) is 3.31. The molecule has 0 saturated heterocycles. The van der Waals surface area contributed by atoms with Gasteiger partial charge in [-0.1, -0.05) is 15.9 Å². The van der Waals surface area contributed by atoms with Gasteiger partial charge in [0.15, 0.2) is 5.82 Å². The first-order chi connectivity index (χ1) is 13.6. The van der Waals surface area contributed by atoms with Gasteiger partial charge in [0.25, 0.3) is 5.91 Å². The highest BCUT2D eigenvalue weighted by Crippen LogP contribution is 2.30. The molecule has 0 saturated carbocycles. The van der Waals surface area contributed by atoms with Gasteiger partial charge >= 0.3 is 0 Å². The molecule has 2 aromatic heterocycles. The molecule has 7 heteroatoms. The van der Waals surface area contributed by atoms with Crippen LogP contribution < -0.4 is 10.1 Å². The lowest BCUT2D eigenvalue weighted by atomic mass is 10.2. The molecule has 4 rings (SSSR count). The Morgan fingerprint density at radius 2 is 1.96 bits per heavy atom. The molecule has 6 nitrogen and oxygen atoms in total. The summed E-state index contributed by atoms with van der Waals surface area (Å²) in [7, 11) is 1.66. The van der Waals surface area contributed by atoms with Gasteiger partial charge in [-0.25, -0.2) is 0 Å². The van der Waals surface area contributed by atoms with Crippen molar-refractivity contribution in [3.05, 3.63) is 64.6 Å². The number of methoxy groups -OCH3 is 1. The van der Waals surface area contributed by atoms with Gasteiger partial charge in [-0.2, -0.15) is 5.10 Å². The Hall–Kier alpha value is -3.06. The van der Waals surface area contributed by atoms with E-state index in [0.717, 1.165) is 39.1 Å². The number of anilines is 1. The number of ether oxygens (including phenoxy) is 1. The second-order valence-electron chi connectivity index (χ2n) is 6.33. The standard InChI is InChI=1S/C21H19BrN4O2/c1-3-26-18-9-8-16(28-2)10-14(18)11-19(26)17-12-20(25-24-17)23-21(27)13-4-6-15(22)7-5-13/h4-12H,3H2,1-2H3,(H2,23,24,25,27). The fourth-order valence-corrected chi connectivity index (χ4v) is 3.51. The maximum absolute atomic E-state index is 12.4. The monoisotopic (exact) mass is 438 g/mol. The van der Waals surface area contributed by atoms with Crippen molar-refractivity contribution < 1.29 is 9.53 Å². The van der Waals surface area contributed by atoms with E-state index in [4.69, 9.17) is 4.74 Å². The lowest BCUT2D eigenvalue weighted by Gasteiger charge is -2.06. The zero-order valence-corrected chi connectivity index (χ0v) is 17.1. The second kappa shape index (κ2) is 7.52. The number of rotatable bonds is 5. The van der Waals surface area contributed by atoms with Crippen molar-refractivity contribution in [3.63, 3.8) is 0 Å². The van der Waals surface area contributed by atoms with Crippen LogP contribution in [0.4, 0.5) is 5.82 Å². The van der Waals surface area contributed by atoms with Gasteiger partial charge in [-0.3, -0.25) is 9.89 Å². The summed E-state index contributed by atoms with van der Waals surface area (Å²) in [5, 5.41) is 11.2. The number of amides is 1. The molecular formula is C21H19BrN4O2. The van der Waals surface area contributed by atoms with Crippen LogP contribution in [-0.4, -0.2) is 27.8 Å². The smallest absolute Gasteiger partial charge is 0.256 e. The van der Waals surface area contributed by atoms with Crippen molar-refractivity contribution in [2.45, 2.75) is 13.5 Å². The number of halogens is 1. The molecular weight excluding hydrogens is 420 g/mol. The largest absolute Gasteiger partial charge is 0.497 e. The van der Waals surface area contributed by atoms with E-state index in [-0.39, 0.29) is 5.91 Å². The molecule has 142 valence electrons. The molecule has 2 aromatic carbocycles. The first kappa shape index (κ1) is 18.3. The van der Waals surface area contributed by atoms with Gasteiger partial charge in [0, 0.05) is 33.6 Å². The number of carbonyl (C=O) groups excluding carboxylic acids is 1. The zero-order valence-electron chi connectivity index (χ0n) is 15.5. The quantitative estimate of drug-likeness (QED) is 0.456. The van der Waals surface area contributed by atoms with Gasteiger partial charge in [0.1, 0.15) is 5.75 Å². The minimum absolute atomic E-state index is 0.202. The van der Waals surface area contributed by atoms with Crippen LogP contribution in [0.5, 0.6) is 5.75 Å². The summed E-state index contributed by atoms with van der Waals surface area (Å²) in [6, 6.07) is 17.1. The second-order valence-corrected chi connectivity index (χ2v) is 7.24. The summed E-state index contributed by atoms with van der Waals surface area (Å²) in [5.74, 6) is 1.10. The molecule has 0 atom stereocenters.